The Hall–Kier alpha value is -2.21. The van der Waals surface area contributed by atoms with Gasteiger partial charge in [-0.15, -0.1) is 0 Å². The van der Waals surface area contributed by atoms with Gasteiger partial charge in [-0.3, -0.25) is 14.9 Å². The zero-order valence-corrected chi connectivity index (χ0v) is 12.1. The van der Waals surface area contributed by atoms with Crippen LogP contribution in [0.15, 0.2) is 34.8 Å². The summed E-state index contributed by atoms with van der Waals surface area (Å²) in [7, 11) is 0. The Morgan fingerprint density at radius 3 is 2.60 bits per heavy atom. The number of hydrogen-bond acceptors (Lipinski definition) is 4. The van der Waals surface area contributed by atoms with E-state index < -0.39 is 0 Å². The van der Waals surface area contributed by atoms with Crippen molar-refractivity contribution in [3.63, 3.8) is 0 Å². The maximum Gasteiger partial charge on any atom is 0.259 e. The maximum absolute atomic E-state index is 11.6. The lowest BCUT2D eigenvalue weighted by atomic mass is 10.1. The molecule has 1 aliphatic rings. The number of nitrogens with zero attached hydrogens (tertiary/aromatic N) is 1. The minimum Gasteiger partial charge on any atom is -0.340 e. The minimum absolute atomic E-state index is 0.353. The van der Waals surface area contributed by atoms with Crippen molar-refractivity contribution in [2.45, 2.75) is 6.92 Å². The highest BCUT2D eigenvalue weighted by atomic mass is 79.9. The van der Waals surface area contributed by atoms with E-state index in [-0.39, 0.29) is 11.8 Å². The number of carbonyl (C=O) groups excluding carboxylic acids is 2. The molecule has 1 aromatic heterocycles. The molecule has 20 heavy (non-hydrogen) atoms. The molecule has 3 rings (SSSR count). The lowest BCUT2D eigenvalue weighted by molar-refractivity contribution is 0.0879. The molecule has 0 saturated carbocycles. The fraction of sp³-hybridized carbons (Fsp3) is 0.0714. The van der Waals surface area contributed by atoms with Gasteiger partial charge in [-0.05, 0) is 53.2 Å². The molecule has 0 bridgehead atoms. The molecular formula is C14H10BrN3O2. The summed E-state index contributed by atoms with van der Waals surface area (Å²) < 4.78 is 0.932. The zero-order valence-electron chi connectivity index (χ0n) is 10.5. The lowest BCUT2D eigenvalue weighted by Gasteiger charge is -2.08. The van der Waals surface area contributed by atoms with Gasteiger partial charge in [0.1, 0.15) is 5.82 Å². The smallest absolute Gasteiger partial charge is 0.259 e. The van der Waals surface area contributed by atoms with Crippen LogP contribution in [0.25, 0.3) is 0 Å². The van der Waals surface area contributed by atoms with Crippen LogP contribution in [-0.2, 0) is 0 Å². The summed E-state index contributed by atoms with van der Waals surface area (Å²) in [5.41, 5.74) is 2.36. The minimum atomic E-state index is -0.367. The molecule has 0 spiro atoms. The van der Waals surface area contributed by atoms with Gasteiger partial charge in [0.05, 0.1) is 16.8 Å². The van der Waals surface area contributed by atoms with Gasteiger partial charge in [0.15, 0.2) is 0 Å². The highest BCUT2D eigenvalue weighted by molar-refractivity contribution is 9.10. The number of imide groups is 1. The third-order valence-corrected chi connectivity index (χ3v) is 3.87. The SMILES string of the molecule is Cc1nc(Nc2ccc3c(c2)C(=O)NC3=O)ccc1Br. The van der Waals surface area contributed by atoms with Gasteiger partial charge in [-0.2, -0.15) is 0 Å². The monoisotopic (exact) mass is 331 g/mol. The quantitative estimate of drug-likeness (QED) is 0.830. The van der Waals surface area contributed by atoms with Crippen molar-refractivity contribution in [1.29, 1.82) is 0 Å². The molecule has 100 valence electrons. The van der Waals surface area contributed by atoms with E-state index in [0.29, 0.717) is 22.6 Å². The number of fused-ring (bicyclic) bond motifs is 1. The van der Waals surface area contributed by atoms with Crippen LogP contribution in [0.4, 0.5) is 11.5 Å². The number of hydrogen-bond donors (Lipinski definition) is 2. The number of benzene rings is 1. The second-order valence-electron chi connectivity index (χ2n) is 4.43. The summed E-state index contributed by atoms with van der Waals surface area (Å²) in [4.78, 5) is 27.4. The van der Waals surface area contributed by atoms with Gasteiger partial charge in [-0.25, -0.2) is 4.98 Å². The van der Waals surface area contributed by atoms with Crippen LogP contribution in [0, 0.1) is 6.92 Å². The van der Waals surface area contributed by atoms with Gasteiger partial charge in [-0.1, -0.05) is 0 Å². The van der Waals surface area contributed by atoms with E-state index in [1.165, 1.54) is 0 Å². The molecule has 6 heteroatoms. The molecule has 0 atom stereocenters. The van der Waals surface area contributed by atoms with Gasteiger partial charge in [0.25, 0.3) is 11.8 Å². The summed E-state index contributed by atoms with van der Waals surface area (Å²) in [6.07, 6.45) is 0. The number of nitrogens with one attached hydrogen (secondary N) is 2. The Bertz CT molecular complexity index is 743. The number of pyridine rings is 1. The van der Waals surface area contributed by atoms with Crippen molar-refractivity contribution in [1.82, 2.24) is 10.3 Å². The largest absolute Gasteiger partial charge is 0.340 e. The van der Waals surface area contributed by atoms with E-state index in [1.54, 1.807) is 18.2 Å². The third kappa shape index (κ3) is 2.18. The Morgan fingerprint density at radius 1 is 1.10 bits per heavy atom. The average molecular weight is 332 g/mol. The lowest BCUT2D eigenvalue weighted by Crippen LogP contribution is -2.19. The Morgan fingerprint density at radius 2 is 1.85 bits per heavy atom. The van der Waals surface area contributed by atoms with Crippen molar-refractivity contribution < 1.29 is 9.59 Å². The first-order chi connectivity index (χ1) is 9.54. The van der Waals surface area contributed by atoms with E-state index in [2.05, 4.69) is 31.5 Å². The number of carbonyl (C=O) groups is 2. The molecule has 1 aromatic carbocycles. The standard InChI is InChI=1S/C14H10BrN3O2/c1-7-11(15)4-5-12(16-7)17-8-2-3-9-10(6-8)14(20)18-13(9)19/h2-6H,1H3,(H,16,17)(H,18,19,20). The molecule has 1 aliphatic heterocycles. The van der Waals surface area contributed by atoms with Crippen LogP contribution < -0.4 is 10.6 Å². The van der Waals surface area contributed by atoms with Crippen LogP contribution in [-0.4, -0.2) is 16.8 Å². The Balaban J connectivity index is 1.92. The van der Waals surface area contributed by atoms with Crippen LogP contribution in [0.1, 0.15) is 26.4 Å². The molecular weight excluding hydrogens is 322 g/mol. The first-order valence-electron chi connectivity index (χ1n) is 5.94. The van der Waals surface area contributed by atoms with E-state index in [0.717, 1.165) is 10.2 Å². The number of anilines is 2. The Kier molecular flexibility index (Phi) is 3.02. The van der Waals surface area contributed by atoms with Gasteiger partial charge in [0.2, 0.25) is 0 Å². The van der Waals surface area contributed by atoms with Crippen LogP contribution in [0.3, 0.4) is 0 Å². The van der Waals surface area contributed by atoms with Crippen molar-refractivity contribution in [3.05, 3.63) is 51.6 Å². The molecule has 2 N–H and O–H groups in total. The molecule has 0 aliphatic carbocycles. The summed E-state index contributed by atoms with van der Waals surface area (Å²) in [5, 5.41) is 5.38. The number of aromatic nitrogens is 1. The molecule has 2 aromatic rings. The number of amides is 2. The Labute approximate surface area is 123 Å². The first-order valence-corrected chi connectivity index (χ1v) is 6.74. The second kappa shape index (κ2) is 4.72. The summed E-state index contributed by atoms with van der Waals surface area (Å²) in [5.74, 6) is -0.0434. The van der Waals surface area contributed by atoms with Gasteiger partial charge >= 0.3 is 0 Å². The fourth-order valence-electron chi connectivity index (χ4n) is 2.01. The third-order valence-electron chi connectivity index (χ3n) is 3.03. The zero-order chi connectivity index (χ0) is 14.3. The van der Waals surface area contributed by atoms with Crippen LogP contribution in [0.5, 0.6) is 0 Å². The second-order valence-corrected chi connectivity index (χ2v) is 5.29. The molecule has 2 amide bonds. The molecule has 5 nitrogen and oxygen atoms in total. The molecule has 0 radical (unpaired) electrons. The molecule has 2 heterocycles. The topological polar surface area (TPSA) is 71.1 Å². The van der Waals surface area contributed by atoms with Crippen LogP contribution in [0.2, 0.25) is 0 Å². The van der Waals surface area contributed by atoms with Crippen molar-refractivity contribution in [3.8, 4) is 0 Å². The summed E-state index contributed by atoms with van der Waals surface area (Å²) in [6.45, 7) is 1.89. The normalized spacial score (nSPS) is 13.1. The molecule has 0 fully saturated rings. The predicted molar refractivity (Wildman–Crippen MR) is 78.2 cm³/mol. The highest BCUT2D eigenvalue weighted by Crippen LogP contribution is 2.23. The van der Waals surface area contributed by atoms with E-state index >= 15 is 0 Å². The maximum atomic E-state index is 11.6. The fourth-order valence-corrected chi connectivity index (χ4v) is 2.23. The molecule has 0 saturated heterocycles. The van der Waals surface area contributed by atoms with Crippen molar-refractivity contribution in [2.75, 3.05) is 5.32 Å². The van der Waals surface area contributed by atoms with Gasteiger partial charge in [0, 0.05) is 10.2 Å². The van der Waals surface area contributed by atoms with Crippen molar-refractivity contribution in [2.24, 2.45) is 0 Å². The van der Waals surface area contributed by atoms with E-state index in [1.807, 2.05) is 19.1 Å². The number of rotatable bonds is 2. The highest BCUT2D eigenvalue weighted by Gasteiger charge is 2.26. The van der Waals surface area contributed by atoms with Gasteiger partial charge < -0.3 is 5.32 Å². The molecule has 0 unspecified atom stereocenters. The summed E-state index contributed by atoms with van der Waals surface area (Å²) in [6, 6.07) is 8.75. The number of aryl methyl sites for hydroxylation is 1. The van der Waals surface area contributed by atoms with E-state index in [9.17, 15) is 9.59 Å². The van der Waals surface area contributed by atoms with Crippen molar-refractivity contribution >= 4 is 39.2 Å². The summed E-state index contributed by atoms with van der Waals surface area (Å²) >= 11 is 3.39. The van der Waals surface area contributed by atoms with E-state index in [4.69, 9.17) is 0 Å². The average Bonchev–Trinajstić information content (AvgIpc) is 2.69. The van der Waals surface area contributed by atoms with Crippen LogP contribution >= 0.6 is 15.9 Å². The predicted octanol–water partition coefficient (Wildman–Crippen LogP) is 2.78. The first kappa shape index (κ1) is 12.8. The number of halogens is 1.